The predicted octanol–water partition coefficient (Wildman–Crippen LogP) is 1.92. The molecule has 19 heavy (non-hydrogen) atoms. The highest BCUT2D eigenvalue weighted by atomic mass is 16.4. The number of hydrogen-bond acceptors (Lipinski definition) is 3. The zero-order valence-electron chi connectivity index (χ0n) is 11.4. The minimum atomic E-state index is -0.0277. The molecule has 0 heterocycles. The number of benzene rings is 1. The van der Waals surface area contributed by atoms with Crippen LogP contribution in [0.15, 0.2) is 35.5 Å². The summed E-state index contributed by atoms with van der Waals surface area (Å²) in [4.78, 5) is 14.1. The molecule has 0 aliphatic carbocycles. The van der Waals surface area contributed by atoms with Crippen LogP contribution in [0.4, 0.5) is 0 Å². The van der Waals surface area contributed by atoms with E-state index >= 15 is 0 Å². The molecular formula is C14H21N3O2. The average molecular weight is 263 g/mol. The molecule has 1 amide bonds. The van der Waals surface area contributed by atoms with Crippen molar-refractivity contribution in [3.05, 3.63) is 35.9 Å². The van der Waals surface area contributed by atoms with Crippen molar-refractivity contribution >= 4 is 11.7 Å². The number of amides is 1. The van der Waals surface area contributed by atoms with E-state index < -0.39 is 0 Å². The van der Waals surface area contributed by atoms with Crippen molar-refractivity contribution in [3.8, 4) is 0 Å². The van der Waals surface area contributed by atoms with Crippen LogP contribution in [-0.4, -0.2) is 34.9 Å². The summed E-state index contributed by atoms with van der Waals surface area (Å²) in [6.45, 7) is 5.19. The summed E-state index contributed by atoms with van der Waals surface area (Å²) in [6, 6.07) is 9.13. The van der Waals surface area contributed by atoms with Gasteiger partial charge in [-0.1, -0.05) is 37.2 Å². The van der Waals surface area contributed by atoms with Gasteiger partial charge in [0.25, 0.3) is 5.91 Å². The molecule has 0 saturated heterocycles. The monoisotopic (exact) mass is 263 g/mol. The maximum Gasteiger partial charge on any atom is 0.253 e. The minimum absolute atomic E-state index is 0.0277. The van der Waals surface area contributed by atoms with Crippen molar-refractivity contribution in [2.24, 2.45) is 16.8 Å². The van der Waals surface area contributed by atoms with Crippen LogP contribution in [-0.2, 0) is 0 Å². The van der Waals surface area contributed by atoms with E-state index in [-0.39, 0.29) is 11.7 Å². The van der Waals surface area contributed by atoms with E-state index in [2.05, 4.69) is 19.0 Å². The summed E-state index contributed by atoms with van der Waals surface area (Å²) in [6.07, 6.45) is 0.363. The maximum absolute atomic E-state index is 12.4. The molecule has 0 aliphatic heterocycles. The van der Waals surface area contributed by atoms with Crippen molar-refractivity contribution in [2.75, 3.05) is 13.1 Å². The standard InChI is InChI=1S/C14H21N3O2/c1-11(2)10-17(9-8-13(15)16-19)14(18)12-6-4-3-5-7-12/h3-7,11,19H,8-10H2,1-2H3,(H2,15,16). The zero-order chi connectivity index (χ0) is 14.3. The molecule has 1 aromatic carbocycles. The van der Waals surface area contributed by atoms with Crippen LogP contribution < -0.4 is 5.73 Å². The van der Waals surface area contributed by atoms with Gasteiger partial charge in [0.05, 0.1) is 0 Å². The highest BCUT2D eigenvalue weighted by molar-refractivity contribution is 5.94. The maximum atomic E-state index is 12.4. The van der Waals surface area contributed by atoms with E-state index in [4.69, 9.17) is 10.9 Å². The first-order chi connectivity index (χ1) is 9.04. The van der Waals surface area contributed by atoms with E-state index in [1.54, 1.807) is 17.0 Å². The quantitative estimate of drug-likeness (QED) is 0.356. The number of nitrogens with two attached hydrogens (primary N) is 1. The molecule has 0 atom stereocenters. The van der Waals surface area contributed by atoms with Crippen molar-refractivity contribution in [1.29, 1.82) is 0 Å². The fraction of sp³-hybridized carbons (Fsp3) is 0.429. The molecule has 0 aliphatic rings. The van der Waals surface area contributed by atoms with Crippen LogP contribution in [0.2, 0.25) is 0 Å². The molecule has 5 nitrogen and oxygen atoms in total. The molecule has 0 saturated carbocycles. The van der Waals surface area contributed by atoms with Crippen LogP contribution in [0.3, 0.4) is 0 Å². The highest BCUT2D eigenvalue weighted by Crippen LogP contribution is 2.08. The van der Waals surface area contributed by atoms with Gasteiger partial charge in [-0.3, -0.25) is 4.79 Å². The Morgan fingerprint density at radius 3 is 2.53 bits per heavy atom. The van der Waals surface area contributed by atoms with Crippen molar-refractivity contribution in [1.82, 2.24) is 4.90 Å². The third kappa shape index (κ3) is 4.99. The Hall–Kier alpha value is -2.04. The Morgan fingerprint density at radius 1 is 1.37 bits per heavy atom. The van der Waals surface area contributed by atoms with Gasteiger partial charge in [0.2, 0.25) is 0 Å². The zero-order valence-corrected chi connectivity index (χ0v) is 11.4. The first-order valence-electron chi connectivity index (χ1n) is 6.35. The molecule has 104 valence electrons. The van der Waals surface area contributed by atoms with E-state index in [1.165, 1.54) is 0 Å². The number of rotatable bonds is 6. The number of oxime groups is 1. The lowest BCUT2D eigenvalue weighted by Crippen LogP contribution is -2.36. The SMILES string of the molecule is CC(C)CN(CCC(N)=NO)C(=O)c1ccccc1. The molecule has 1 aromatic rings. The van der Waals surface area contributed by atoms with Gasteiger partial charge in [-0.05, 0) is 18.1 Å². The van der Waals surface area contributed by atoms with E-state index in [0.717, 1.165) is 0 Å². The van der Waals surface area contributed by atoms with Gasteiger partial charge < -0.3 is 15.8 Å². The molecule has 0 radical (unpaired) electrons. The van der Waals surface area contributed by atoms with Crippen LogP contribution >= 0.6 is 0 Å². The molecule has 0 unspecified atom stereocenters. The molecule has 3 N–H and O–H groups in total. The van der Waals surface area contributed by atoms with E-state index in [1.807, 2.05) is 18.2 Å². The van der Waals surface area contributed by atoms with E-state index in [0.29, 0.717) is 31.0 Å². The summed E-state index contributed by atoms with van der Waals surface area (Å²) in [7, 11) is 0. The average Bonchev–Trinajstić information content (AvgIpc) is 2.42. The van der Waals surface area contributed by atoms with Crippen LogP contribution in [0, 0.1) is 5.92 Å². The molecule has 5 heteroatoms. The van der Waals surface area contributed by atoms with Crippen molar-refractivity contribution in [3.63, 3.8) is 0 Å². The van der Waals surface area contributed by atoms with E-state index in [9.17, 15) is 4.79 Å². The topological polar surface area (TPSA) is 78.9 Å². The Balaban J connectivity index is 2.76. The second kappa shape index (κ2) is 7.41. The smallest absolute Gasteiger partial charge is 0.253 e. The lowest BCUT2D eigenvalue weighted by atomic mass is 10.1. The van der Waals surface area contributed by atoms with Crippen LogP contribution in [0.5, 0.6) is 0 Å². The molecule has 0 bridgehead atoms. The normalized spacial score (nSPS) is 11.6. The fourth-order valence-electron chi connectivity index (χ4n) is 1.78. The van der Waals surface area contributed by atoms with Crippen LogP contribution in [0.1, 0.15) is 30.6 Å². The lowest BCUT2D eigenvalue weighted by molar-refractivity contribution is 0.0740. The Morgan fingerprint density at radius 2 is 2.00 bits per heavy atom. The molecular weight excluding hydrogens is 242 g/mol. The Labute approximate surface area is 113 Å². The Bertz CT molecular complexity index is 430. The minimum Gasteiger partial charge on any atom is -0.409 e. The number of carbonyl (C=O) groups is 1. The third-order valence-corrected chi connectivity index (χ3v) is 2.66. The highest BCUT2D eigenvalue weighted by Gasteiger charge is 2.16. The summed E-state index contributed by atoms with van der Waals surface area (Å²) >= 11 is 0. The number of carbonyl (C=O) groups excluding carboxylic acids is 1. The van der Waals surface area contributed by atoms with Gasteiger partial charge >= 0.3 is 0 Å². The van der Waals surface area contributed by atoms with Gasteiger partial charge in [-0.2, -0.15) is 0 Å². The van der Waals surface area contributed by atoms with Crippen molar-refractivity contribution < 1.29 is 10.0 Å². The number of hydrogen-bond donors (Lipinski definition) is 2. The second-order valence-electron chi connectivity index (χ2n) is 4.85. The second-order valence-corrected chi connectivity index (χ2v) is 4.85. The lowest BCUT2D eigenvalue weighted by Gasteiger charge is -2.24. The third-order valence-electron chi connectivity index (χ3n) is 2.66. The first-order valence-corrected chi connectivity index (χ1v) is 6.35. The molecule has 0 spiro atoms. The van der Waals surface area contributed by atoms with Gasteiger partial charge in [-0.15, -0.1) is 0 Å². The van der Waals surface area contributed by atoms with Crippen molar-refractivity contribution in [2.45, 2.75) is 20.3 Å². The summed E-state index contributed by atoms with van der Waals surface area (Å²) in [5, 5.41) is 11.5. The molecule has 0 fully saturated rings. The van der Waals surface area contributed by atoms with Gasteiger partial charge in [0.1, 0.15) is 5.84 Å². The Kier molecular flexibility index (Phi) is 5.85. The number of nitrogens with zero attached hydrogens (tertiary/aromatic N) is 2. The van der Waals surface area contributed by atoms with Gasteiger partial charge in [-0.25, -0.2) is 0 Å². The van der Waals surface area contributed by atoms with Gasteiger partial charge in [0, 0.05) is 25.1 Å². The molecule has 1 rings (SSSR count). The summed E-state index contributed by atoms with van der Waals surface area (Å²) < 4.78 is 0. The summed E-state index contributed by atoms with van der Waals surface area (Å²) in [5.74, 6) is 0.467. The van der Waals surface area contributed by atoms with Crippen LogP contribution in [0.25, 0.3) is 0 Å². The first kappa shape index (κ1) is 15.0. The largest absolute Gasteiger partial charge is 0.409 e. The number of amidine groups is 1. The fourth-order valence-corrected chi connectivity index (χ4v) is 1.78. The molecule has 0 aromatic heterocycles. The van der Waals surface area contributed by atoms with Gasteiger partial charge in [0.15, 0.2) is 0 Å². The summed E-state index contributed by atoms with van der Waals surface area (Å²) in [5.41, 5.74) is 6.11. The predicted molar refractivity (Wildman–Crippen MR) is 75.2 cm³/mol.